The first-order chi connectivity index (χ1) is 14.6. The van der Waals surface area contributed by atoms with Crippen molar-refractivity contribution in [2.24, 2.45) is 0 Å². The Bertz CT molecular complexity index is 1080. The van der Waals surface area contributed by atoms with Crippen molar-refractivity contribution in [1.82, 2.24) is 10.6 Å². The van der Waals surface area contributed by atoms with E-state index in [-0.39, 0.29) is 30.3 Å². The Morgan fingerprint density at radius 2 is 1.81 bits per heavy atom. The van der Waals surface area contributed by atoms with Gasteiger partial charge >= 0.3 is 0 Å². The Morgan fingerprint density at radius 3 is 2.61 bits per heavy atom. The first kappa shape index (κ1) is 22.6. The molecule has 1 heterocycles. The zero-order chi connectivity index (χ0) is 21.1. The number of hydrogen-bond donors (Lipinski definition) is 3. The molecule has 0 spiro atoms. The van der Waals surface area contributed by atoms with Crippen molar-refractivity contribution in [2.45, 2.75) is 25.6 Å². The van der Waals surface area contributed by atoms with Gasteiger partial charge in [-0.1, -0.05) is 54.6 Å². The molecule has 0 aromatic heterocycles. The maximum atomic E-state index is 13.5. The van der Waals surface area contributed by atoms with Crippen molar-refractivity contribution < 1.29 is 9.59 Å². The number of fused-ring (bicyclic) bond motifs is 2. The van der Waals surface area contributed by atoms with Gasteiger partial charge in [0, 0.05) is 6.54 Å². The average Bonchev–Trinajstić information content (AvgIpc) is 2.91. The van der Waals surface area contributed by atoms with E-state index < -0.39 is 6.04 Å². The van der Waals surface area contributed by atoms with Gasteiger partial charge in [0.1, 0.15) is 6.04 Å². The van der Waals surface area contributed by atoms with Crippen LogP contribution in [0.15, 0.2) is 66.7 Å². The van der Waals surface area contributed by atoms with Crippen LogP contribution in [0.5, 0.6) is 0 Å². The molecule has 31 heavy (non-hydrogen) atoms. The summed E-state index contributed by atoms with van der Waals surface area (Å²) >= 11 is 0. The van der Waals surface area contributed by atoms with Gasteiger partial charge in [-0.25, -0.2) is 0 Å². The Labute approximate surface area is 188 Å². The minimum atomic E-state index is -0.657. The molecule has 1 aliphatic rings. The maximum Gasteiger partial charge on any atom is 0.251 e. The second-order valence-electron chi connectivity index (χ2n) is 7.53. The van der Waals surface area contributed by atoms with E-state index in [0.717, 1.165) is 27.7 Å². The van der Waals surface area contributed by atoms with Crippen molar-refractivity contribution in [2.75, 3.05) is 23.8 Å². The third-order valence-electron chi connectivity index (χ3n) is 5.61. The number of benzene rings is 3. The van der Waals surface area contributed by atoms with Crippen molar-refractivity contribution >= 4 is 46.4 Å². The predicted molar refractivity (Wildman–Crippen MR) is 128 cm³/mol. The van der Waals surface area contributed by atoms with Crippen LogP contribution in [-0.4, -0.2) is 37.5 Å². The molecule has 2 amide bonds. The quantitative estimate of drug-likeness (QED) is 0.571. The Hall–Kier alpha value is -3.09. The molecule has 0 aliphatic carbocycles. The lowest BCUT2D eigenvalue weighted by atomic mass is 10.0. The minimum absolute atomic E-state index is 0. The highest BCUT2D eigenvalue weighted by molar-refractivity contribution is 6.04. The van der Waals surface area contributed by atoms with Crippen LogP contribution in [0, 0.1) is 0 Å². The molecule has 3 aromatic rings. The number of amides is 2. The first-order valence-electron chi connectivity index (χ1n) is 10.2. The van der Waals surface area contributed by atoms with Crippen molar-refractivity contribution in [1.29, 1.82) is 0 Å². The van der Waals surface area contributed by atoms with Gasteiger partial charge in [0.25, 0.3) is 5.91 Å². The number of rotatable bonds is 5. The molecule has 6 nitrogen and oxygen atoms in total. The van der Waals surface area contributed by atoms with Gasteiger partial charge in [-0.05, 0) is 42.4 Å². The first-order valence-corrected chi connectivity index (χ1v) is 10.2. The van der Waals surface area contributed by atoms with Crippen LogP contribution in [0.3, 0.4) is 0 Å². The van der Waals surface area contributed by atoms with E-state index in [1.165, 1.54) is 0 Å². The van der Waals surface area contributed by atoms with Gasteiger partial charge < -0.3 is 20.9 Å². The van der Waals surface area contributed by atoms with Crippen molar-refractivity contribution in [3.05, 3.63) is 72.3 Å². The minimum Gasteiger partial charge on any atom is -0.381 e. The maximum absolute atomic E-state index is 13.5. The summed E-state index contributed by atoms with van der Waals surface area (Å²) in [6.07, 6.45) is 0. The van der Waals surface area contributed by atoms with Crippen LogP contribution in [-0.2, 0) is 16.1 Å². The molecule has 0 unspecified atom stereocenters. The molecule has 1 aliphatic heterocycles. The fourth-order valence-corrected chi connectivity index (χ4v) is 3.77. The lowest BCUT2D eigenvalue weighted by molar-refractivity contribution is -0.128. The molecule has 7 heteroatoms. The monoisotopic (exact) mass is 438 g/mol. The molecular weight excluding hydrogens is 412 g/mol. The summed E-state index contributed by atoms with van der Waals surface area (Å²) in [7, 11) is 1.72. The number of halogens is 1. The van der Waals surface area contributed by atoms with Crippen molar-refractivity contribution in [3.8, 4) is 0 Å². The highest BCUT2D eigenvalue weighted by Gasteiger charge is 2.32. The summed E-state index contributed by atoms with van der Waals surface area (Å²) in [6, 6.07) is 21.0. The van der Waals surface area contributed by atoms with Crippen LogP contribution in [0.1, 0.15) is 12.5 Å². The highest BCUT2D eigenvalue weighted by atomic mass is 35.5. The fourth-order valence-electron chi connectivity index (χ4n) is 3.77. The second-order valence-corrected chi connectivity index (χ2v) is 7.53. The number of hydrogen-bond acceptors (Lipinski definition) is 4. The Morgan fingerprint density at radius 1 is 1.10 bits per heavy atom. The van der Waals surface area contributed by atoms with E-state index >= 15 is 0 Å². The smallest absolute Gasteiger partial charge is 0.251 e. The summed E-state index contributed by atoms with van der Waals surface area (Å²) in [5, 5.41) is 11.4. The van der Waals surface area contributed by atoms with Crippen LogP contribution >= 0.6 is 12.4 Å². The molecule has 0 fully saturated rings. The average molecular weight is 439 g/mol. The van der Waals surface area contributed by atoms with Gasteiger partial charge in [0.15, 0.2) is 0 Å². The van der Waals surface area contributed by atoms with Gasteiger partial charge in [0.05, 0.1) is 24.0 Å². The summed E-state index contributed by atoms with van der Waals surface area (Å²) in [4.78, 5) is 27.8. The van der Waals surface area contributed by atoms with Crippen LogP contribution in [0.4, 0.5) is 11.4 Å². The molecule has 4 rings (SSSR count). The zero-order valence-corrected chi connectivity index (χ0v) is 18.4. The molecule has 3 N–H and O–H groups in total. The lowest BCUT2D eigenvalue weighted by Gasteiger charge is -2.26. The molecule has 0 radical (unpaired) electrons. The lowest BCUT2D eigenvalue weighted by Crippen LogP contribution is -2.54. The molecule has 0 saturated carbocycles. The summed E-state index contributed by atoms with van der Waals surface area (Å²) in [5.41, 5.74) is 2.75. The summed E-state index contributed by atoms with van der Waals surface area (Å²) in [5.74, 6) is -0.328. The number of carbonyl (C=O) groups excluding carboxylic acids is 2. The summed E-state index contributed by atoms with van der Waals surface area (Å²) in [6.45, 7) is 2.53. The van der Waals surface area contributed by atoms with Crippen molar-refractivity contribution in [3.63, 3.8) is 0 Å². The standard InChI is InChI=1S/C24H26N4O2.ClH/c1-16(25-2)23(29)27-21-14-26-20-12-5-6-13-22(20)28(24(21)30)15-18-10-7-9-17-8-3-4-11-19(17)18;/h3-13,16,21,25-26H,14-15H2,1-2H3,(H,27,29);1H/t16-,21-;/m0./s1. The van der Waals surface area contributed by atoms with Gasteiger partial charge in [-0.2, -0.15) is 0 Å². The van der Waals surface area contributed by atoms with E-state index in [9.17, 15) is 9.59 Å². The Balaban J connectivity index is 0.00000272. The van der Waals surface area contributed by atoms with Crippen LogP contribution < -0.4 is 20.9 Å². The van der Waals surface area contributed by atoms with E-state index in [2.05, 4.69) is 34.1 Å². The third kappa shape index (κ3) is 4.65. The molecule has 2 atom stereocenters. The molecular formula is C24H27ClN4O2. The van der Waals surface area contributed by atoms with Crippen LogP contribution in [0.2, 0.25) is 0 Å². The van der Waals surface area contributed by atoms with Crippen LogP contribution in [0.25, 0.3) is 10.8 Å². The molecule has 3 aromatic carbocycles. The number of anilines is 2. The highest BCUT2D eigenvalue weighted by Crippen LogP contribution is 2.31. The number of nitrogens with one attached hydrogen (secondary N) is 3. The zero-order valence-electron chi connectivity index (χ0n) is 17.6. The third-order valence-corrected chi connectivity index (χ3v) is 5.61. The second kappa shape index (κ2) is 9.81. The van der Waals surface area contributed by atoms with Gasteiger partial charge in [0.2, 0.25) is 5.91 Å². The molecule has 162 valence electrons. The SMILES string of the molecule is CN[C@@H](C)C(=O)N[C@H]1CNc2ccccc2N(Cc2cccc3ccccc23)C1=O.Cl. The molecule has 0 saturated heterocycles. The largest absolute Gasteiger partial charge is 0.381 e. The normalized spacial score (nSPS) is 16.5. The van der Waals surface area contributed by atoms with Gasteiger partial charge in [-0.3, -0.25) is 9.59 Å². The number of carbonyl (C=O) groups is 2. The van der Waals surface area contributed by atoms with E-state index in [1.807, 2.05) is 48.5 Å². The van der Waals surface area contributed by atoms with E-state index in [1.54, 1.807) is 18.9 Å². The van der Waals surface area contributed by atoms with E-state index in [0.29, 0.717) is 13.1 Å². The predicted octanol–water partition coefficient (Wildman–Crippen LogP) is 3.31. The topological polar surface area (TPSA) is 73.5 Å². The fraction of sp³-hybridized carbons (Fsp3) is 0.250. The molecule has 0 bridgehead atoms. The number of likely N-dealkylation sites (N-methyl/N-ethyl adjacent to an activating group) is 1. The van der Waals surface area contributed by atoms with Gasteiger partial charge in [-0.15, -0.1) is 12.4 Å². The van der Waals surface area contributed by atoms with E-state index in [4.69, 9.17) is 0 Å². The Kier molecular flexibility index (Phi) is 7.15. The number of nitrogens with zero attached hydrogens (tertiary/aromatic N) is 1. The summed E-state index contributed by atoms with van der Waals surface area (Å²) < 4.78 is 0. The number of para-hydroxylation sites is 2.